The van der Waals surface area contributed by atoms with Crippen molar-refractivity contribution in [2.45, 2.75) is 6.54 Å². The standard InChI is InChI=1S/C16H11ClN4O2/c17-11-7-5-10(6-8-11)9-20-12-3-1-2-4-13(12)21-15(23)14(22)18-19-16(20)21/h1-8H,9H2,(H,18,22). The van der Waals surface area contributed by atoms with Gasteiger partial charge in [-0.05, 0) is 29.8 Å². The lowest BCUT2D eigenvalue weighted by Gasteiger charge is -2.05. The van der Waals surface area contributed by atoms with Crippen LogP contribution in [-0.4, -0.2) is 19.2 Å². The number of H-pyrrole nitrogens is 1. The molecule has 0 fully saturated rings. The fourth-order valence-electron chi connectivity index (χ4n) is 2.71. The molecule has 0 atom stereocenters. The number of nitrogens with one attached hydrogen (secondary N) is 1. The van der Waals surface area contributed by atoms with Crippen molar-refractivity contribution in [1.82, 2.24) is 19.2 Å². The van der Waals surface area contributed by atoms with E-state index in [0.29, 0.717) is 22.9 Å². The van der Waals surface area contributed by atoms with Gasteiger partial charge in [-0.1, -0.05) is 35.9 Å². The van der Waals surface area contributed by atoms with Crippen molar-refractivity contribution in [2.24, 2.45) is 0 Å². The van der Waals surface area contributed by atoms with Crippen LogP contribution in [0.4, 0.5) is 0 Å². The lowest BCUT2D eigenvalue weighted by molar-refractivity contribution is 0.798. The van der Waals surface area contributed by atoms with Crippen LogP contribution in [0.15, 0.2) is 58.1 Å². The molecule has 4 rings (SSSR count). The van der Waals surface area contributed by atoms with Gasteiger partial charge in [0, 0.05) is 5.02 Å². The Balaban J connectivity index is 2.04. The highest BCUT2D eigenvalue weighted by molar-refractivity contribution is 6.30. The van der Waals surface area contributed by atoms with Crippen molar-refractivity contribution in [3.8, 4) is 0 Å². The number of rotatable bonds is 2. The third kappa shape index (κ3) is 2.15. The molecule has 4 aromatic rings. The average Bonchev–Trinajstić information content (AvgIpc) is 2.88. The zero-order valence-electron chi connectivity index (χ0n) is 11.9. The molecule has 2 heterocycles. The van der Waals surface area contributed by atoms with Crippen LogP contribution in [0.5, 0.6) is 0 Å². The number of aromatic amines is 1. The minimum Gasteiger partial charge on any atom is -0.304 e. The van der Waals surface area contributed by atoms with Crippen LogP contribution in [-0.2, 0) is 6.54 Å². The van der Waals surface area contributed by atoms with E-state index >= 15 is 0 Å². The Kier molecular flexibility index (Phi) is 3.06. The van der Waals surface area contributed by atoms with Crippen LogP contribution < -0.4 is 11.1 Å². The number of benzene rings is 2. The molecular formula is C16H11ClN4O2. The summed E-state index contributed by atoms with van der Waals surface area (Å²) < 4.78 is 3.22. The molecule has 6 nitrogen and oxygen atoms in total. The number of para-hydroxylation sites is 2. The minimum atomic E-state index is -0.739. The third-order valence-corrected chi connectivity index (χ3v) is 4.02. The third-order valence-electron chi connectivity index (χ3n) is 3.76. The first-order valence-electron chi connectivity index (χ1n) is 6.98. The Hall–Kier alpha value is -2.86. The summed E-state index contributed by atoms with van der Waals surface area (Å²) in [6.07, 6.45) is 0. The maximum absolute atomic E-state index is 12.2. The molecule has 1 N–H and O–H groups in total. The van der Waals surface area contributed by atoms with Crippen LogP contribution in [0.3, 0.4) is 0 Å². The highest BCUT2D eigenvalue weighted by atomic mass is 35.5. The number of fused-ring (bicyclic) bond motifs is 3. The second kappa shape index (κ2) is 5.10. The number of aromatic nitrogens is 4. The molecule has 0 aliphatic rings. The van der Waals surface area contributed by atoms with Crippen LogP contribution >= 0.6 is 11.6 Å². The minimum absolute atomic E-state index is 0.394. The van der Waals surface area contributed by atoms with Crippen molar-refractivity contribution < 1.29 is 0 Å². The predicted octanol–water partition coefficient (Wildman–Crippen LogP) is 2.04. The first-order chi connectivity index (χ1) is 11.1. The first kappa shape index (κ1) is 13.8. The second-order valence-electron chi connectivity index (χ2n) is 5.19. The first-order valence-corrected chi connectivity index (χ1v) is 7.36. The van der Waals surface area contributed by atoms with Crippen molar-refractivity contribution in [2.75, 3.05) is 0 Å². The molecule has 114 valence electrons. The summed E-state index contributed by atoms with van der Waals surface area (Å²) in [5.41, 5.74) is 1.11. The van der Waals surface area contributed by atoms with Gasteiger partial charge in [-0.2, -0.15) is 0 Å². The van der Waals surface area contributed by atoms with E-state index in [-0.39, 0.29) is 0 Å². The predicted molar refractivity (Wildman–Crippen MR) is 88.1 cm³/mol. The molecule has 0 aliphatic heterocycles. The smallest absolute Gasteiger partial charge is 0.304 e. The summed E-state index contributed by atoms with van der Waals surface area (Å²) in [6, 6.07) is 14.8. The van der Waals surface area contributed by atoms with E-state index in [1.54, 1.807) is 6.07 Å². The molecule has 0 spiro atoms. The summed E-state index contributed by atoms with van der Waals surface area (Å²) in [5.74, 6) is 0.394. The highest BCUT2D eigenvalue weighted by Gasteiger charge is 2.14. The van der Waals surface area contributed by atoms with Crippen molar-refractivity contribution in [3.63, 3.8) is 0 Å². The maximum atomic E-state index is 12.2. The van der Waals surface area contributed by atoms with Crippen LogP contribution in [0, 0.1) is 0 Å². The van der Waals surface area contributed by atoms with Gasteiger partial charge >= 0.3 is 11.1 Å². The van der Waals surface area contributed by atoms with Crippen molar-refractivity contribution in [1.29, 1.82) is 0 Å². The lowest BCUT2D eigenvalue weighted by atomic mass is 10.2. The van der Waals surface area contributed by atoms with Gasteiger partial charge in [-0.15, -0.1) is 5.10 Å². The fourth-order valence-corrected chi connectivity index (χ4v) is 2.83. The average molecular weight is 327 g/mol. The second-order valence-corrected chi connectivity index (χ2v) is 5.63. The molecule has 0 saturated carbocycles. The van der Waals surface area contributed by atoms with E-state index in [9.17, 15) is 9.59 Å². The monoisotopic (exact) mass is 326 g/mol. The Labute approximate surface area is 134 Å². The molecule has 0 saturated heterocycles. The summed E-state index contributed by atoms with van der Waals surface area (Å²) in [6.45, 7) is 0.507. The zero-order valence-corrected chi connectivity index (χ0v) is 12.6. The lowest BCUT2D eigenvalue weighted by Crippen LogP contribution is -2.33. The molecule has 0 amide bonds. The van der Waals surface area contributed by atoms with E-state index in [4.69, 9.17) is 11.6 Å². The molecule has 0 bridgehead atoms. The number of nitrogens with zero attached hydrogens (tertiary/aromatic N) is 3. The van der Waals surface area contributed by atoms with E-state index in [2.05, 4.69) is 10.2 Å². The SMILES string of the molecule is O=c1[nH]nc2n(Cc3ccc(Cl)cc3)c3ccccc3n2c1=O. The molecule has 23 heavy (non-hydrogen) atoms. The molecular weight excluding hydrogens is 316 g/mol. The van der Waals surface area contributed by atoms with Crippen LogP contribution in [0.2, 0.25) is 5.02 Å². The Morgan fingerprint density at radius 2 is 1.70 bits per heavy atom. The van der Waals surface area contributed by atoms with Gasteiger partial charge in [-0.3, -0.25) is 9.59 Å². The molecule has 0 radical (unpaired) electrons. The van der Waals surface area contributed by atoms with Gasteiger partial charge in [0.25, 0.3) is 0 Å². The van der Waals surface area contributed by atoms with E-state index in [1.165, 1.54) is 4.40 Å². The largest absolute Gasteiger partial charge is 0.330 e. The molecule has 2 aromatic heterocycles. The normalized spacial score (nSPS) is 11.3. The van der Waals surface area contributed by atoms with E-state index < -0.39 is 11.1 Å². The summed E-state index contributed by atoms with van der Waals surface area (Å²) in [7, 11) is 0. The van der Waals surface area contributed by atoms with Gasteiger partial charge < -0.3 is 4.57 Å². The van der Waals surface area contributed by atoms with Gasteiger partial charge in [0.2, 0.25) is 5.78 Å². The number of imidazole rings is 1. The number of halogens is 1. The van der Waals surface area contributed by atoms with Crippen LogP contribution in [0.1, 0.15) is 5.56 Å². The number of hydrogen-bond donors (Lipinski definition) is 1. The zero-order chi connectivity index (χ0) is 16.0. The van der Waals surface area contributed by atoms with Crippen molar-refractivity contribution in [3.05, 3.63) is 79.8 Å². The van der Waals surface area contributed by atoms with E-state index in [1.807, 2.05) is 47.0 Å². The fraction of sp³-hybridized carbons (Fsp3) is 0.0625. The maximum Gasteiger partial charge on any atom is 0.330 e. The van der Waals surface area contributed by atoms with Gasteiger partial charge in [-0.25, -0.2) is 9.50 Å². The van der Waals surface area contributed by atoms with Gasteiger partial charge in [0.1, 0.15) is 0 Å². The molecule has 0 unspecified atom stereocenters. The highest BCUT2D eigenvalue weighted by Crippen LogP contribution is 2.19. The number of hydrogen-bond acceptors (Lipinski definition) is 3. The van der Waals surface area contributed by atoms with Crippen LogP contribution in [0.25, 0.3) is 16.8 Å². The van der Waals surface area contributed by atoms with E-state index in [0.717, 1.165) is 11.1 Å². The topological polar surface area (TPSA) is 72.2 Å². The van der Waals surface area contributed by atoms with Crippen molar-refractivity contribution >= 4 is 28.4 Å². The quantitative estimate of drug-likeness (QED) is 0.573. The molecule has 2 aromatic carbocycles. The Morgan fingerprint density at radius 3 is 2.43 bits per heavy atom. The summed E-state index contributed by atoms with van der Waals surface area (Å²) in [4.78, 5) is 23.8. The van der Waals surface area contributed by atoms with Gasteiger partial charge in [0.15, 0.2) is 0 Å². The molecule has 7 heteroatoms. The summed E-state index contributed by atoms with van der Waals surface area (Å²) in [5, 5.41) is 6.97. The molecule has 0 aliphatic carbocycles. The Morgan fingerprint density at radius 1 is 1.00 bits per heavy atom. The Bertz CT molecular complexity index is 1140. The van der Waals surface area contributed by atoms with Gasteiger partial charge in [0.05, 0.1) is 17.6 Å². The summed E-state index contributed by atoms with van der Waals surface area (Å²) >= 11 is 5.92.